The summed E-state index contributed by atoms with van der Waals surface area (Å²) >= 11 is 0. The van der Waals surface area contributed by atoms with E-state index in [9.17, 15) is 17.6 Å². The number of nitrogens with one attached hydrogen (secondary N) is 1. The monoisotopic (exact) mass is 448 g/mol. The van der Waals surface area contributed by atoms with Gasteiger partial charge in [0.1, 0.15) is 10.7 Å². The van der Waals surface area contributed by atoms with Gasteiger partial charge in [-0.2, -0.15) is 4.31 Å². The van der Waals surface area contributed by atoms with Gasteiger partial charge in [-0.25, -0.2) is 12.8 Å². The van der Waals surface area contributed by atoms with Crippen LogP contribution >= 0.6 is 0 Å². The van der Waals surface area contributed by atoms with Gasteiger partial charge < -0.3 is 10.1 Å². The number of carbonyl (C=O) groups excluding carboxylic acids is 1. The number of nitrogens with zero attached hydrogens (tertiary/aromatic N) is 1. The van der Waals surface area contributed by atoms with Crippen LogP contribution in [-0.2, 0) is 14.8 Å². The van der Waals surface area contributed by atoms with Gasteiger partial charge in [-0.05, 0) is 49.9 Å². The zero-order chi connectivity index (χ0) is 22.3. The maximum Gasteiger partial charge on any atom is 0.251 e. The fraction of sp³-hybridized carbons (Fsp3) is 0.435. The average Bonchev–Trinajstić information content (AvgIpc) is 2.80. The maximum atomic E-state index is 14.3. The van der Waals surface area contributed by atoms with Crippen molar-refractivity contribution in [3.8, 4) is 0 Å². The first-order valence-electron chi connectivity index (χ1n) is 10.6. The Bertz CT molecular complexity index is 976. The van der Waals surface area contributed by atoms with Crippen LogP contribution in [0.3, 0.4) is 0 Å². The van der Waals surface area contributed by atoms with Crippen molar-refractivity contribution in [2.75, 3.05) is 26.2 Å². The second-order valence-corrected chi connectivity index (χ2v) is 9.55. The Morgan fingerprint density at radius 1 is 1.13 bits per heavy atom. The van der Waals surface area contributed by atoms with Gasteiger partial charge in [-0.15, -0.1) is 0 Å². The van der Waals surface area contributed by atoms with Crippen molar-refractivity contribution in [2.24, 2.45) is 0 Å². The Morgan fingerprint density at radius 2 is 1.84 bits per heavy atom. The van der Waals surface area contributed by atoms with E-state index in [1.54, 1.807) is 0 Å². The summed E-state index contributed by atoms with van der Waals surface area (Å²) in [6.07, 6.45) is 3.03. The van der Waals surface area contributed by atoms with Gasteiger partial charge in [0.05, 0.1) is 6.10 Å². The zero-order valence-corrected chi connectivity index (χ0v) is 18.5. The molecule has 0 bridgehead atoms. The lowest BCUT2D eigenvalue weighted by molar-refractivity contribution is 0.0635. The highest BCUT2D eigenvalue weighted by molar-refractivity contribution is 7.89. The molecule has 1 heterocycles. The summed E-state index contributed by atoms with van der Waals surface area (Å²) in [7, 11) is -3.96. The molecule has 6 nitrogen and oxygen atoms in total. The number of benzene rings is 2. The van der Waals surface area contributed by atoms with Crippen LogP contribution in [0.15, 0.2) is 53.4 Å². The third kappa shape index (κ3) is 6.12. The number of hydrogen-bond donors (Lipinski definition) is 1. The van der Waals surface area contributed by atoms with E-state index < -0.39 is 26.6 Å². The highest BCUT2D eigenvalue weighted by Gasteiger charge is 2.29. The van der Waals surface area contributed by atoms with E-state index in [2.05, 4.69) is 5.32 Å². The van der Waals surface area contributed by atoms with Crippen molar-refractivity contribution in [1.29, 1.82) is 0 Å². The largest absolute Gasteiger partial charge is 0.374 e. The Balaban J connectivity index is 1.53. The van der Waals surface area contributed by atoms with E-state index in [1.807, 2.05) is 37.3 Å². The SMILES string of the molecule is CC(OCCCNC(=O)c1ccc(F)c(S(=O)(=O)N2CCCCC2)c1)c1ccccc1. The topological polar surface area (TPSA) is 75.7 Å². The number of ether oxygens (including phenoxy) is 1. The Morgan fingerprint density at radius 3 is 2.55 bits per heavy atom. The van der Waals surface area contributed by atoms with Crippen LogP contribution in [0.25, 0.3) is 0 Å². The molecule has 1 N–H and O–H groups in total. The predicted octanol–water partition coefficient (Wildman–Crippen LogP) is 3.90. The number of piperidine rings is 1. The van der Waals surface area contributed by atoms with E-state index in [-0.39, 0.29) is 11.7 Å². The third-order valence-corrected chi connectivity index (χ3v) is 7.28. The molecule has 0 aliphatic carbocycles. The zero-order valence-electron chi connectivity index (χ0n) is 17.7. The summed E-state index contributed by atoms with van der Waals surface area (Å²) in [4.78, 5) is 12.0. The maximum absolute atomic E-state index is 14.3. The molecule has 8 heteroatoms. The Hall–Kier alpha value is -2.29. The number of halogens is 1. The van der Waals surface area contributed by atoms with Crippen LogP contribution in [0.1, 0.15) is 54.6 Å². The molecule has 0 saturated carbocycles. The third-order valence-electron chi connectivity index (χ3n) is 5.37. The summed E-state index contributed by atoms with van der Waals surface area (Å²) in [5.41, 5.74) is 1.20. The van der Waals surface area contributed by atoms with E-state index in [0.717, 1.165) is 37.0 Å². The van der Waals surface area contributed by atoms with E-state index in [1.165, 1.54) is 10.4 Å². The number of rotatable bonds is 9. The summed E-state index contributed by atoms with van der Waals surface area (Å²) in [5.74, 6) is -1.28. The standard InChI is InChI=1S/C23H29FN2O4S/c1-18(19-9-4-2-5-10-19)30-16-8-13-25-23(27)20-11-12-21(24)22(17-20)31(28,29)26-14-6-3-7-15-26/h2,4-5,9-12,17-18H,3,6-8,13-16H2,1H3,(H,25,27). The van der Waals surface area contributed by atoms with E-state index in [4.69, 9.17) is 4.74 Å². The summed E-state index contributed by atoms with van der Waals surface area (Å²) in [6.45, 7) is 3.55. The van der Waals surface area contributed by atoms with E-state index in [0.29, 0.717) is 32.7 Å². The van der Waals surface area contributed by atoms with Crippen LogP contribution in [-0.4, -0.2) is 44.9 Å². The molecular formula is C23H29FN2O4S. The molecule has 3 rings (SSSR count). The van der Waals surface area contributed by atoms with Crippen molar-refractivity contribution in [3.05, 3.63) is 65.5 Å². The minimum atomic E-state index is -3.96. The van der Waals surface area contributed by atoms with E-state index >= 15 is 0 Å². The van der Waals surface area contributed by atoms with Gasteiger partial charge in [-0.1, -0.05) is 36.8 Å². The molecule has 0 aromatic heterocycles. The van der Waals surface area contributed by atoms with Gasteiger partial charge in [0, 0.05) is 31.8 Å². The summed E-state index contributed by atoms with van der Waals surface area (Å²) < 4.78 is 47.0. The summed E-state index contributed by atoms with van der Waals surface area (Å²) in [5, 5.41) is 2.74. The second-order valence-electron chi connectivity index (χ2n) is 7.64. The molecule has 1 unspecified atom stereocenters. The quantitative estimate of drug-likeness (QED) is 0.591. The van der Waals surface area contributed by atoms with Gasteiger partial charge in [-0.3, -0.25) is 4.79 Å². The first-order valence-corrected chi connectivity index (χ1v) is 12.1. The minimum absolute atomic E-state index is 0.0449. The lowest BCUT2D eigenvalue weighted by Crippen LogP contribution is -2.36. The molecule has 1 saturated heterocycles. The number of hydrogen-bond acceptors (Lipinski definition) is 4. The molecule has 1 fully saturated rings. The van der Waals surface area contributed by atoms with Crippen molar-refractivity contribution in [1.82, 2.24) is 9.62 Å². The highest BCUT2D eigenvalue weighted by atomic mass is 32.2. The first kappa shape index (κ1) is 23.4. The number of sulfonamides is 1. The molecule has 2 aromatic carbocycles. The van der Waals surface area contributed by atoms with Crippen molar-refractivity contribution < 1.29 is 22.3 Å². The smallest absolute Gasteiger partial charge is 0.251 e. The van der Waals surface area contributed by atoms with Gasteiger partial charge >= 0.3 is 0 Å². The predicted molar refractivity (Wildman–Crippen MR) is 117 cm³/mol. The van der Waals surface area contributed by atoms with Crippen LogP contribution in [0, 0.1) is 5.82 Å². The molecule has 168 valence electrons. The minimum Gasteiger partial charge on any atom is -0.374 e. The molecule has 1 aliphatic heterocycles. The van der Waals surface area contributed by atoms with Crippen molar-refractivity contribution in [2.45, 2.75) is 43.6 Å². The number of carbonyl (C=O) groups is 1. The fourth-order valence-corrected chi connectivity index (χ4v) is 5.15. The number of amides is 1. The van der Waals surface area contributed by atoms with Crippen LogP contribution in [0.2, 0.25) is 0 Å². The lowest BCUT2D eigenvalue weighted by Gasteiger charge is -2.26. The Labute approximate surface area is 183 Å². The van der Waals surface area contributed by atoms with Crippen LogP contribution in [0.4, 0.5) is 4.39 Å². The second kappa shape index (κ2) is 10.8. The summed E-state index contributed by atoms with van der Waals surface area (Å²) in [6, 6.07) is 13.3. The van der Waals surface area contributed by atoms with Crippen molar-refractivity contribution in [3.63, 3.8) is 0 Å². The Kier molecular flexibility index (Phi) is 8.17. The molecule has 1 aliphatic rings. The molecule has 0 spiro atoms. The van der Waals surface area contributed by atoms with Crippen LogP contribution in [0.5, 0.6) is 0 Å². The normalized spacial score (nSPS) is 16.1. The molecule has 2 aromatic rings. The first-order chi connectivity index (χ1) is 14.9. The molecule has 1 atom stereocenters. The highest BCUT2D eigenvalue weighted by Crippen LogP contribution is 2.24. The van der Waals surface area contributed by atoms with Crippen molar-refractivity contribution >= 4 is 15.9 Å². The molecule has 1 amide bonds. The fourth-order valence-electron chi connectivity index (χ4n) is 3.54. The van der Waals surface area contributed by atoms with Crippen LogP contribution < -0.4 is 5.32 Å². The van der Waals surface area contributed by atoms with Gasteiger partial charge in [0.2, 0.25) is 10.0 Å². The molecular weight excluding hydrogens is 419 g/mol. The molecule has 0 radical (unpaired) electrons. The van der Waals surface area contributed by atoms with Gasteiger partial charge in [0.25, 0.3) is 5.91 Å². The molecule has 31 heavy (non-hydrogen) atoms. The lowest BCUT2D eigenvalue weighted by atomic mass is 10.1. The van der Waals surface area contributed by atoms with Gasteiger partial charge in [0.15, 0.2) is 0 Å². The average molecular weight is 449 g/mol.